The molecule has 0 aliphatic rings. The highest BCUT2D eigenvalue weighted by atomic mass is 16.5. The van der Waals surface area contributed by atoms with Crippen molar-refractivity contribution in [3.63, 3.8) is 0 Å². The van der Waals surface area contributed by atoms with Gasteiger partial charge in [-0.05, 0) is 55.3 Å². The zero-order valence-corrected chi connectivity index (χ0v) is 19.6. The summed E-state index contributed by atoms with van der Waals surface area (Å²) in [5.74, 6) is 1.18. The van der Waals surface area contributed by atoms with Gasteiger partial charge in [0, 0.05) is 12.6 Å². The second-order valence-electron chi connectivity index (χ2n) is 8.53. The van der Waals surface area contributed by atoms with Crippen LogP contribution in [0.15, 0.2) is 82.2 Å². The second-order valence-corrected chi connectivity index (χ2v) is 8.53. The molecular formula is C27H26N4O4. The molecule has 0 spiro atoms. The molecule has 8 heteroatoms. The molecule has 0 saturated carbocycles. The predicted octanol–water partition coefficient (Wildman–Crippen LogP) is 5.51. The summed E-state index contributed by atoms with van der Waals surface area (Å²) < 4.78 is 18.4. The first-order chi connectivity index (χ1) is 17.1. The van der Waals surface area contributed by atoms with E-state index in [1.807, 2.05) is 61.0 Å². The van der Waals surface area contributed by atoms with E-state index in [2.05, 4.69) is 10.4 Å². The van der Waals surface area contributed by atoms with Gasteiger partial charge in [0.05, 0.1) is 36.3 Å². The maximum absolute atomic E-state index is 13.3. The normalized spacial score (nSPS) is 11.4. The van der Waals surface area contributed by atoms with Crippen molar-refractivity contribution in [3.05, 3.63) is 95.8 Å². The number of carbonyl (C=O) groups is 1. The summed E-state index contributed by atoms with van der Waals surface area (Å²) >= 11 is 0. The molecule has 1 N–H and O–H groups in total. The number of fused-ring (bicyclic) bond motifs is 1. The van der Waals surface area contributed by atoms with E-state index in [1.54, 1.807) is 30.9 Å². The lowest BCUT2D eigenvalue weighted by Gasteiger charge is -2.11. The Labute approximate surface area is 202 Å². The van der Waals surface area contributed by atoms with Gasteiger partial charge in [-0.3, -0.25) is 4.79 Å². The Balaban J connectivity index is 1.32. The standard InChI is InChI=1S/C27H26N4O4/c1-18(2)31-26-23(15-29-31)22(13-24(30-26)25-9-5-11-35-25)27(32)28-14-19-6-3-7-20(12-19)16-33-17-21-8-4-10-34-21/h3-13,15,18H,14,16-17H2,1-2H3,(H,28,32). The number of amides is 1. The van der Waals surface area contributed by atoms with E-state index in [4.69, 9.17) is 18.6 Å². The third-order valence-corrected chi connectivity index (χ3v) is 5.61. The number of pyridine rings is 1. The Morgan fingerprint density at radius 1 is 1.03 bits per heavy atom. The Hall–Kier alpha value is -4.17. The van der Waals surface area contributed by atoms with Crippen molar-refractivity contribution in [3.8, 4) is 11.5 Å². The van der Waals surface area contributed by atoms with E-state index >= 15 is 0 Å². The molecule has 0 atom stereocenters. The fourth-order valence-corrected chi connectivity index (χ4v) is 3.91. The van der Waals surface area contributed by atoms with Crippen LogP contribution in [0.2, 0.25) is 0 Å². The number of carbonyl (C=O) groups excluding carboxylic acids is 1. The summed E-state index contributed by atoms with van der Waals surface area (Å²) in [4.78, 5) is 18.0. The van der Waals surface area contributed by atoms with Gasteiger partial charge in [-0.1, -0.05) is 24.3 Å². The van der Waals surface area contributed by atoms with Crippen molar-refractivity contribution in [2.45, 2.75) is 39.6 Å². The van der Waals surface area contributed by atoms with E-state index in [1.165, 1.54) is 0 Å². The molecule has 0 aliphatic heterocycles. The van der Waals surface area contributed by atoms with Crippen molar-refractivity contribution >= 4 is 16.9 Å². The number of furan rings is 2. The summed E-state index contributed by atoms with van der Waals surface area (Å²) in [6, 6.07) is 17.1. The first-order valence-corrected chi connectivity index (χ1v) is 11.5. The number of rotatable bonds is 9. The van der Waals surface area contributed by atoms with Crippen molar-refractivity contribution in [2.75, 3.05) is 0 Å². The van der Waals surface area contributed by atoms with Crippen molar-refractivity contribution < 1.29 is 18.4 Å². The average Bonchev–Trinajstić information content (AvgIpc) is 3.64. The van der Waals surface area contributed by atoms with E-state index < -0.39 is 0 Å². The van der Waals surface area contributed by atoms with E-state index in [-0.39, 0.29) is 11.9 Å². The smallest absolute Gasteiger partial charge is 0.252 e. The third kappa shape index (κ3) is 5.02. The third-order valence-electron chi connectivity index (χ3n) is 5.61. The Morgan fingerprint density at radius 3 is 2.63 bits per heavy atom. The summed E-state index contributed by atoms with van der Waals surface area (Å²) in [6.45, 7) is 5.29. The average molecular weight is 471 g/mol. The molecule has 5 rings (SSSR count). The molecule has 4 heterocycles. The van der Waals surface area contributed by atoms with Gasteiger partial charge >= 0.3 is 0 Å². The molecule has 0 fully saturated rings. The first kappa shape index (κ1) is 22.6. The minimum Gasteiger partial charge on any atom is -0.467 e. The van der Waals surface area contributed by atoms with Crippen LogP contribution in [0.1, 0.15) is 47.1 Å². The largest absolute Gasteiger partial charge is 0.467 e. The van der Waals surface area contributed by atoms with Gasteiger partial charge in [0.1, 0.15) is 18.1 Å². The Morgan fingerprint density at radius 2 is 1.86 bits per heavy atom. The van der Waals surface area contributed by atoms with Crippen LogP contribution in [0, 0.1) is 0 Å². The first-order valence-electron chi connectivity index (χ1n) is 11.5. The van der Waals surface area contributed by atoms with E-state index in [0.29, 0.717) is 47.8 Å². The monoisotopic (exact) mass is 470 g/mol. The van der Waals surface area contributed by atoms with Gasteiger partial charge in [0.15, 0.2) is 11.4 Å². The number of ether oxygens (including phenoxy) is 1. The van der Waals surface area contributed by atoms with Crippen molar-refractivity contribution in [1.29, 1.82) is 0 Å². The molecule has 0 bridgehead atoms. The van der Waals surface area contributed by atoms with Crippen LogP contribution < -0.4 is 5.32 Å². The SMILES string of the molecule is CC(C)n1ncc2c(C(=O)NCc3cccc(COCc4ccco4)c3)cc(-c3ccco3)nc21. The van der Waals surface area contributed by atoms with E-state index in [0.717, 1.165) is 16.9 Å². The maximum Gasteiger partial charge on any atom is 0.252 e. The number of aromatic nitrogens is 3. The van der Waals surface area contributed by atoms with Gasteiger partial charge < -0.3 is 18.9 Å². The zero-order valence-electron chi connectivity index (χ0n) is 19.6. The minimum absolute atomic E-state index is 0.0977. The zero-order chi connectivity index (χ0) is 24.2. The number of hydrogen-bond acceptors (Lipinski definition) is 6. The highest BCUT2D eigenvalue weighted by molar-refractivity contribution is 6.06. The topological polar surface area (TPSA) is 95.3 Å². The van der Waals surface area contributed by atoms with E-state index in [9.17, 15) is 4.79 Å². The van der Waals surface area contributed by atoms with Crippen LogP contribution in [-0.2, 0) is 24.5 Å². The van der Waals surface area contributed by atoms with Crippen LogP contribution in [0.25, 0.3) is 22.5 Å². The van der Waals surface area contributed by atoms with Gasteiger partial charge in [-0.2, -0.15) is 5.10 Å². The molecule has 35 heavy (non-hydrogen) atoms. The molecule has 0 unspecified atom stereocenters. The predicted molar refractivity (Wildman–Crippen MR) is 130 cm³/mol. The summed E-state index contributed by atoms with van der Waals surface area (Å²) in [6.07, 6.45) is 4.91. The van der Waals surface area contributed by atoms with Crippen LogP contribution in [0.5, 0.6) is 0 Å². The number of benzene rings is 1. The number of nitrogens with zero attached hydrogens (tertiary/aromatic N) is 3. The Kier molecular flexibility index (Phi) is 6.45. The summed E-state index contributed by atoms with van der Waals surface area (Å²) in [5, 5.41) is 8.19. The molecule has 1 amide bonds. The summed E-state index contributed by atoms with van der Waals surface area (Å²) in [7, 11) is 0. The van der Waals surface area contributed by atoms with Gasteiger partial charge in [-0.25, -0.2) is 9.67 Å². The van der Waals surface area contributed by atoms with Gasteiger partial charge in [0.25, 0.3) is 5.91 Å². The van der Waals surface area contributed by atoms with Crippen LogP contribution in [0.3, 0.4) is 0 Å². The fourth-order valence-electron chi connectivity index (χ4n) is 3.91. The highest BCUT2D eigenvalue weighted by Gasteiger charge is 2.19. The van der Waals surface area contributed by atoms with Crippen LogP contribution in [0.4, 0.5) is 0 Å². The van der Waals surface area contributed by atoms with Crippen molar-refractivity contribution in [1.82, 2.24) is 20.1 Å². The molecule has 4 aromatic heterocycles. The fraction of sp³-hybridized carbons (Fsp3) is 0.222. The summed E-state index contributed by atoms with van der Waals surface area (Å²) in [5.41, 5.74) is 3.74. The molecule has 5 aromatic rings. The lowest BCUT2D eigenvalue weighted by Crippen LogP contribution is -2.23. The van der Waals surface area contributed by atoms with Crippen LogP contribution >= 0.6 is 0 Å². The molecule has 8 nitrogen and oxygen atoms in total. The quantitative estimate of drug-likeness (QED) is 0.305. The van der Waals surface area contributed by atoms with Crippen molar-refractivity contribution in [2.24, 2.45) is 0 Å². The Bertz CT molecular complexity index is 1420. The molecule has 1 aromatic carbocycles. The molecular weight excluding hydrogens is 444 g/mol. The number of hydrogen-bond donors (Lipinski definition) is 1. The highest BCUT2D eigenvalue weighted by Crippen LogP contribution is 2.26. The molecule has 0 aliphatic carbocycles. The second kappa shape index (κ2) is 9.99. The molecule has 0 radical (unpaired) electrons. The number of nitrogens with one attached hydrogen (secondary N) is 1. The van der Waals surface area contributed by atoms with Gasteiger partial charge in [0.2, 0.25) is 0 Å². The lowest BCUT2D eigenvalue weighted by atomic mass is 10.1. The maximum atomic E-state index is 13.3. The van der Waals surface area contributed by atoms with Crippen LogP contribution in [-0.4, -0.2) is 20.7 Å². The van der Waals surface area contributed by atoms with Gasteiger partial charge in [-0.15, -0.1) is 0 Å². The lowest BCUT2D eigenvalue weighted by molar-refractivity contribution is 0.0928. The molecule has 178 valence electrons. The minimum atomic E-state index is -0.201. The molecule has 0 saturated heterocycles.